The molecular weight excluding hydrogens is 272 g/mol. The number of aromatic hydroxyl groups is 1. The SMILES string of the molecule is Cc1cc(C)c(O)c(/C=N\Nc2ccc(C)c(Cl)c2)c1. The molecule has 0 aromatic heterocycles. The first-order chi connectivity index (χ1) is 9.47. The first-order valence-electron chi connectivity index (χ1n) is 6.33. The van der Waals surface area contributed by atoms with E-state index < -0.39 is 0 Å². The van der Waals surface area contributed by atoms with Crippen LogP contribution in [-0.2, 0) is 0 Å². The zero-order valence-corrected chi connectivity index (χ0v) is 12.5. The minimum absolute atomic E-state index is 0.253. The molecule has 0 aliphatic rings. The molecular formula is C16H17ClN2O. The van der Waals surface area contributed by atoms with Crippen molar-refractivity contribution in [3.05, 3.63) is 57.6 Å². The molecule has 0 aliphatic heterocycles. The number of rotatable bonds is 3. The summed E-state index contributed by atoms with van der Waals surface area (Å²) in [5, 5.41) is 14.8. The monoisotopic (exact) mass is 288 g/mol. The van der Waals surface area contributed by atoms with Crippen LogP contribution in [0.2, 0.25) is 5.02 Å². The molecule has 2 rings (SSSR count). The van der Waals surface area contributed by atoms with Crippen LogP contribution in [0.1, 0.15) is 22.3 Å². The number of nitrogens with one attached hydrogen (secondary N) is 1. The van der Waals surface area contributed by atoms with Crippen LogP contribution in [0.4, 0.5) is 5.69 Å². The van der Waals surface area contributed by atoms with E-state index in [0.29, 0.717) is 10.6 Å². The summed E-state index contributed by atoms with van der Waals surface area (Å²) < 4.78 is 0. The van der Waals surface area contributed by atoms with Gasteiger partial charge >= 0.3 is 0 Å². The van der Waals surface area contributed by atoms with Crippen LogP contribution in [0.25, 0.3) is 0 Å². The fraction of sp³-hybridized carbons (Fsp3) is 0.188. The van der Waals surface area contributed by atoms with Gasteiger partial charge in [-0.2, -0.15) is 5.10 Å². The van der Waals surface area contributed by atoms with Gasteiger partial charge in [-0.15, -0.1) is 0 Å². The number of hydrazone groups is 1. The second-order valence-electron chi connectivity index (χ2n) is 4.85. The quantitative estimate of drug-likeness (QED) is 0.649. The summed E-state index contributed by atoms with van der Waals surface area (Å²) in [6, 6.07) is 9.46. The number of phenolic OH excluding ortho intramolecular Hbond substituents is 1. The summed E-state index contributed by atoms with van der Waals surface area (Å²) in [5.41, 5.74) is 7.34. The summed E-state index contributed by atoms with van der Waals surface area (Å²) >= 11 is 6.04. The third-order valence-corrected chi connectivity index (χ3v) is 3.45. The number of halogens is 1. The molecule has 0 spiro atoms. The Bertz CT molecular complexity index is 666. The second kappa shape index (κ2) is 5.97. The van der Waals surface area contributed by atoms with Crippen molar-refractivity contribution >= 4 is 23.5 Å². The predicted octanol–water partition coefficient (Wildman–Crippen LogP) is 4.42. The van der Waals surface area contributed by atoms with E-state index in [1.165, 1.54) is 0 Å². The summed E-state index contributed by atoms with van der Waals surface area (Å²) in [5.74, 6) is 0.253. The average Bonchev–Trinajstić information content (AvgIpc) is 2.39. The number of benzene rings is 2. The van der Waals surface area contributed by atoms with Gasteiger partial charge in [0.1, 0.15) is 5.75 Å². The first kappa shape index (κ1) is 14.4. The van der Waals surface area contributed by atoms with Crippen molar-refractivity contribution in [2.45, 2.75) is 20.8 Å². The third-order valence-electron chi connectivity index (χ3n) is 3.04. The Morgan fingerprint density at radius 2 is 1.85 bits per heavy atom. The number of phenols is 1. The largest absolute Gasteiger partial charge is 0.507 e. The molecule has 0 amide bonds. The van der Waals surface area contributed by atoms with Gasteiger partial charge in [0.2, 0.25) is 0 Å². The Morgan fingerprint density at radius 1 is 1.10 bits per heavy atom. The maximum Gasteiger partial charge on any atom is 0.127 e. The number of nitrogens with zero attached hydrogens (tertiary/aromatic N) is 1. The molecule has 2 N–H and O–H groups in total. The van der Waals surface area contributed by atoms with E-state index in [-0.39, 0.29) is 5.75 Å². The standard InChI is InChI=1S/C16H17ClN2O/c1-10-6-12(3)16(20)13(7-10)9-18-19-14-5-4-11(2)15(17)8-14/h4-9,19-20H,1-3H3/b18-9-. The lowest BCUT2D eigenvalue weighted by Gasteiger charge is -2.06. The van der Waals surface area contributed by atoms with E-state index in [1.54, 1.807) is 6.21 Å². The fourth-order valence-corrected chi connectivity index (χ4v) is 2.11. The van der Waals surface area contributed by atoms with E-state index in [1.807, 2.05) is 51.1 Å². The molecule has 3 nitrogen and oxygen atoms in total. The predicted molar refractivity (Wildman–Crippen MR) is 85.0 cm³/mol. The molecule has 0 saturated carbocycles. The molecule has 4 heteroatoms. The average molecular weight is 289 g/mol. The molecule has 2 aromatic carbocycles. The maximum atomic E-state index is 9.96. The fourth-order valence-electron chi connectivity index (χ4n) is 1.93. The Labute approximate surface area is 123 Å². The van der Waals surface area contributed by atoms with Gasteiger partial charge in [0, 0.05) is 10.6 Å². The first-order valence-corrected chi connectivity index (χ1v) is 6.70. The van der Waals surface area contributed by atoms with Gasteiger partial charge in [-0.05, 0) is 55.7 Å². The molecule has 2 aromatic rings. The van der Waals surface area contributed by atoms with Crippen molar-refractivity contribution in [3.8, 4) is 5.75 Å². The second-order valence-corrected chi connectivity index (χ2v) is 5.26. The number of hydrogen-bond acceptors (Lipinski definition) is 3. The third kappa shape index (κ3) is 3.31. The maximum absolute atomic E-state index is 9.96. The molecule has 0 heterocycles. The topological polar surface area (TPSA) is 44.6 Å². The number of anilines is 1. The Balaban J connectivity index is 2.16. The van der Waals surface area contributed by atoms with Crippen molar-refractivity contribution in [2.24, 2.45) is 5.10 Å². The lowest BCUT2D eigenvalue weighted by molar-refractivity contribution is 0.470. The molecule has 0 saturated heterocycles. The van der Waals surface area contributed by atoms with Crippen molar-refractivity contribution in [3.63, 3.8) is 0 Å². The van der Waals surface area contributed by atoms with Crippen LogP contribution in [0.3, 0.4) is 0 Å². The van der Waals surface area contributed by atoms with Crippen LogP contribution in [0.5, 0.6) is 5.75 Å². The zero-order chi connectivity index (χ0) is 14.7. The molecule has 0 radical (unpaired) electrons. The van der Waals surface area contributed by atoms with Gasteiger partial charge in [-0.25, -0.2) is 0 Å². The summed E-state index contributed by atoms with van der Waals surface area (Å²) in [6.07, 6.45) is 1.60. The number of aryl methyl sites for hydroxylation is 3. The highest BCUT2D eigenvalue weighted by atomic mass is 35.5. The van der Waals surface area contributed by atoms with E-state index in [4.69, 9.17) is 11.6 Å². The molecule has 0 fully saturated rings. The molecule has 20 heavy (non-hydrogen) atoms. The van der Waals surface area contributed by atoms with Gasteiger partial charge in [-0.3, -0.25) is 5.43 Å². The van der Waals surface area contributed by atoms with Crippen molar-refractivity contribution in [2.75, 3.05) is 5.43 Å². The lowest BCUT2D eigenvalue weighted by atomic mass is 10.1. The van der Waals surface area contributed by atoms with Gasteiger partial charge in [0.05, 0.1) is 11.9 Å². The van der Waals surface area contributed by atoms with E-state index in [2.05, 4.69) is 10.5 Å². The summed E-state index contributed by atoms with van der Waals surface area (Å²) in [6.45, 7) is 5.80. The minimum atomic E-state index is 0.253. The molecule has 0 bridgehead atoms. The highest BCUT2D eigenvalue weighted by Gasteiger charge is 2.03. The van der Waals surface area contributed by atoms with E-state index >= 15 is 0 Å². The normalized spacial score (nSPS) is 11.0. The van der Waals surface area contributed by atoms with Crippen molar-refractivity contribution in [1.82, 2.24) is 0 Å². The van der Waals surface area contributed by atoms with Crippen LogP contribution >= 0.6 is 11.6 Å². The highest BCUT2D eigenvalue weighted by Crippen LogP contribution is 2.23. The Kier molecular flexibility index (Phi) is 4.30. The van der Waals surface area contributed by atoms with Gasteiger partial charge < -0.3 is 5.11 Å². The summed E-state index contributed by atoms with van der Waals surface area (Å²) in [4.78, 5) is 0. The minimum Gasteiger partial charge on any atom is -0.507 e. The van der Waals surface area contributed by atoms with Crippen molar-refractivity contribution < 1.29 is 5.11 Å². The molecule has 0 aliphatic carbocycles. The molecule has 0 unspecified atom stereocenters. The lowest BCUT2D eigenvalue weighted by Crippen LogP contribution is -1.93. The van der Waals surface area contributed by atoms with Crippen molar-refractivity contribution in [1.29, 1.82) is 0 Å². The van der Waals surface area contributed by atoms with Crippen LogP contribution in [-0.4, -0.2) is 11.3 Å². The van der Waals surface area contributed by atoms with Gasteiger partial charge in [-0.1, -0.05) is 23.7 Å². The Hall–Kier alpha value is -2.00. The van der Waals surface area contributed by atoms with Gasteiger partial charge in [0.15, 0.2) is 0 Å². The smallest absolute Gasteiger partial charge is 0.127 e. The number of hydrogen-bond donors (Lipinski definition) is 2. The van der Waals surface area contributed by atoms with E-state index in [9.17, 15) is 5.11 Å². The van der Waals surface area contributed by atoms with E-state index in [0.717, 1.165) is 22.4 Å². The summed E-state index contributed by atoms with van der Waals surface area (Å²) in [7, 11) is 0. The van der Waals surface area contributed by atoms with Crippen LogP contribution in [0, 0.1) is 20.8 Å². The van der Waals surface area contributed by atoms with Crippen LogP contribution < -0.4 is 5.43 Å². The highest BCUT2D eigenvalue weighted by molar-refractivity contribution is 6.31. The Morgan fingerprint density at radius 3 is 2.55 bits per heavy atom. The molecule has 0 atom stereocenters. The molecule has 104 valence electrons. The zero-order valence-electron chi connectivity index (χ0n) is 11.7. The van der Waals surface area contributed by atoms with Crippen LogP contribution in [0.15, 0.2) is 35.4 Å². The van der Waals surface area contributed by atoms with Gasteiger partial charge in [0.25, 0.3) is 0 Å².